The molecule has 0 aliphatic rings. The van der Waals surface area contributed by atoms with Crippen LogP contribution in [0, 0.1) is 43.4 Å². The first kappa shape index (κ1) is 28.7. The molecule has 3 heterocycles. The van der Waals surface area contributed by atoms with Crippen molar-refractivity contribution in [3.05, 3.63) is 175 Å². The Morgan fingerprint density at radius 1 is 0.778 bits per heavy atom. The number of hydrogen-bond donors (Lipinski definition) is 0. The summed E-state index contributed by atoms with van der Waals surface area (Å²) in [6.07, 6.45) is 1.63. The fourth-order valence-corrected chi connectivity index (χ4v) is 6.26. The number of hydrogen-bond acceptors (Lipinski definition) is 4. The predicted octanol–water partition coefficient (Wildman–Crippen LogP) is 12.8. The number of pyridine rings is 2. The number of rotatable bonds is 5. The van der Waals surface area contributed by atoms with Gasteiger partial charge in [0, 0.05) is 54.5 Å². The minimum Gasteiger partial charge on any atom is -0.499 e. The van der Waals surface area contributed by atoms with Crippen LogP contribution in [0.3, 0.4) is 0 Å². The van der Waals surface area contributed by atoms with E-state index in [2.05, 4.69) is 29.0 Å². The molecule has 0 spiro atoms. The summed E-state index contributed by atoms with van der Waals surface area (Å²) in [6, 6.07) is 42.0. The van der Waals surface area contributed by atoms with Crippen LogP contribution in [0.15, 0.2) is 138 Å². The standard InChI is InChI=1S/C29H23N2O.C20H18N.Ir/c1-29(2,3)17-19-10-12-20(13-11-19)21-14-15-31-26(16-21)25-9-5-8-24-23-7-4-6-22(18-30)27(23)32-28(24)25;1-14-9-10-20(21-13-14)19-12-18(15(2)11-16(19)3)17-7-5-4-6-8-17;/h4-8,10-16H,17H2,1-3H3;4-13H,3H2,1-2H3;/q2*-1;/i17D2;1D3,2D3;. The largest absolute Gasteiger partial charge is 0.499 e. The molecule has 3 aromatic heterocycles. The van der Waals surface area contributed by atoms with Gasteiger partial charge in [0.15, 0.2) is 0 Å². The summed E-state index contributed by atoms with van der Waals surface area (Å²) in [5, 5.41) is 11.3. The number of nitriles is 1. The maximum atomic E-state index is 9.47. The smallest absolute Gasteiger partial charge is 0.138 e. The summed E-state index contributed by atoms with van der Waals surface area (Å²) >= 11 is 0. The number of benzene rings is 5. The van der Waals surface area contributed by atoms with E-state index in [9.17, 15) is 5.26 Å². The SMILES string of the molecule is [2H]C([2H])([2H])c1ccc(-c2cc(-c3ccccc3)c(C([2H])([2H])[2H])cc2[CH2-])nc1.[2H]C([2H])(c1ccc(-c2ccnc(-c3[c-]ccc4c3oc3c(C#N)cccc34)c2)cc1)C(C)(C)C.[Ir]. The second-order valence-corrected chi connectivity index (χ2v) is 13.7. The van der Waals surface area contributed by atoms with Gasteiger partial charge in [-0.05, 0) is 75.9 Å². The quantitative estimate of drug-likeness (QED) is 0.162. The Balaban J connectivity index is 0.000000209. The van der Waals surface area contributed by atoms with Gasteiger partial charge in [0.25, 0.3) is 0 Å². The molecule has 0 aliphatic carbocycles. The van der Waals surface area contributed by atoms with Crippen molar-refractivity contribution in [2.75, 3.05) is 0 Å². The average molecular weight is 888 g/mol. The second-order valence-electron chi connectivity index (χ2n) is 13.7. The fourth-order valence-electron chi connectivity index (χ4n) is 6.26. The maximum Gasteiger partial charge on any atom is 0.138 e. The molecular formula is C49H41IrN3O-2. The molecule has 8 aromatic rings. The molecule has 269 valence electrons. The van der Waals surface area contributed by atoms with Crippen LogP contribution in [0.5, 0.6) is 0 Å². The van der Waals surface area contributed by atoms with Crippen LogP contribution < -0.4 is 0 Å². The van der Waals surface area contributed by atoms with Crippen molar-refractivity contribution in [3.8, 4) is 50.8 Å². The van der Waals surface area contributed by atoms with Crippen LogP contribution in [-0.4, -0.2) is 9.97 Å². The van der Waals surface area contributed by atoms with Gasteiger partial charge in [0.2, 0.25) is 0 Å². The molecule has 54 heavy (non-hydrogen) atoms. The summed E-state index contributed by atoms with van der Waals surface area (Å²) in [5.41, 5.74) is 8.73. The van der Waals surface area contributed by atoms with Crippen LogP contribution in [0.1, 0.15) is 59.6 Å². The molecule has 0 fully saturated rings. The molecule has 0 saturated carbocycles. The minimum absolute atomic E-state index is 0. The molecule has 0 bridgehead atoms. The van der Waals surface area contributed by atoms with Crippen molar-refractivity contribution in [1.82, 2.24) is 9.97 Å². The van der Waals surface area contributed by atoms with E-state index in [1.54, 1.807) is 30.5 Å². The van der Waals surface area contributed by atoms with Crippen LogP contribution >= 0.6 is 0 Å². The van der Waals surface area contributed by atoms with E-state index in [-0.39, 0.29) is 31.2 Å². The van der Waals surface area contributed by atoms with Crippen LogP contribution in [-0.2, 0) is 26.5 Å². The number of furan rings is 1. The number of nitrogens with zero attached hydrogens (tertiary/aromatic N) is 3. The van der Waals surface area contributed by atoms with Gasteiger partial charge >= 0.3 is 0 Å². The molecule has 4 nitrogen and oxygen atoms in total. The molecular weight excluding hydrogens is 839 g/mol. The Labute approximate surface area is 343 Å². The first-order chi connectivity index (χ1) is 28.8. The van der Waals surface area contributed by atoms with Crippen molar-refractivity contribution >= 4 is 21.9 Å². The molecule has 0 N–H and O–H groups in total. The van der Waals surface area contributed by atoms with E-state index >= 15 is 0 Å². The minimum atomic E-state index is -2.28. The van der Waals surface area contributed by atoms with Gasteiger partial charge in [-0.1, -0.05) is 123 Å². The van der Waals surface area contributed by atoms with Crippen LogP contribution in [0.25, 0.3) is 66.7 Å². The number of para-hydroxylation sites is 1. The molecule has 0 amide bonds. The molecule has 5 aromatic carbocycles. The summed E-state index contributed by atoms with van der Waals surface area (Å²) in [7, 11) is 0. The normalized spacial score (nSPS) is 14.0. The van der Waals surface area contributed by atoms with Crippen molar-refractivity contribution < 1.29 is 35.5 Å². The molecule has 0 saturated heterocycles. The van der Waals surface area contributed by atoms with E-state index in [1.807, 2.05) is 112 Å². The molecule has 0 aliphatic heterocycles. The van der Waals surface area contributed by atoms with Gasteiger partial charge in [0.1, 0.15) is 11.7 Å². The van der Waals surface area contributed by atoms with E-state index in [0.29, 0.717) is 44.7 Å². The third kappa shape index (κ3) is 8.22. The average Bonchev–Trinajstić information content (AvgIpc) is 3.63. The maximum absolute atomic E-state index is 9.47. The van der Waals surface area contributed by atoms with Crippen LogP contribution in [0.4, 0.5) is 0 Å². The zero-order valence-electron chi connectivity index (χ0n) is 38.0. The van der Waals surface area contributed by atoms with Crippen molar-refractivity contribution in [3.63, 3.8) is 0 Å². The Morgan fingerprint density at radius 3 is 2.28 bits per heavy atom. The van der Waals surface area contributed by atoms with E-state index in [4.69, 9.17) is 15.4 Å². The molecule has 0 unspecified atom stereocenters. The zero-order valence-corrected chi connectivity index (χ0v) is 32.4. The van der Waals surface area contributed by atoms with Gasteiger partial charge in [-0.25, -0.2) is 0 Å². The summed E-state index contributed by atoms with van der Waals surface area (Å²) in [4.78, 5) is 8.83. The van der Waals surface area contributed by atoms with E-state index < -0.39 is 25.5 Å². The second kappa shape index (κ2) is 16.1. The Kier molecular flexibility index (Phi) is 8.53. The van der Waals surface area contributed by atoms with E-state index in [1.165, 1.54) is 12.3 Å². The number of fused-ring (bicyclic) bond motifs is 3. The monoisotopic (exact) mass is 888 g/mol. The molecule has 0 atom stereocenters. The summed E-state index contributed by atoms with van der Waals surface area (Å²) in [5.74, 6) is 0. The molecule has 5 heteroatoms. The number of aromatic nitrogens is 2. The van der Waals surface area contributed by atoms with Gasteiger partial charge in [-0.3, -0.25) is 4.98 Å². The van der Waals surface area contributed by atoms with Gasteiger partial charge in [-0.2, -0.15) is 23.8 Å². The van der Waals surface area contributed by atoms with Gasteiger partial charge in [-0.15, -0.1) is 29.8 Å². The summed E-state index contributed by atoms with van der Waals surface area (Å²) in [6.45, 7) is 5.19. The predicted molar refractivity (Wildman–Crippen MR) is 218 cm³/mol. The summed E-state index contributed by atoms with van der Waals surface area (Å²) < 4.78 is 69.1. The van der Waals surface area contributed by atoms with Crippen LogP contribution in [0.2, 0.25) is 0 Å². The van der Waals surface area contributed by atoms with E-state index in [0.717, 1.165) is 38.7 Å². The van der Waals surface area contributed by atoms with Gasteiger partial charge in [0.05, 0.1) is 11.1 Å². The zero-order chi connectivity index (χ0) is 43.9. The first-order valence-corrected chi connectivity index (χ1v) is 17.1. The van der Waals surface area contributed by atoms with Crippen molar-refractivity contribution in [2.45, 2.75) is 40.8 Å². The van der Waals surface area contributed by atoms with Crippen molar-refractivity contribution in [2.24, 2.45) is 5.41 Å². The third-order valence-electron chi connectivity index (χ3n) is 8.70. The van der Waals surface area contributed by atoms with Crippen molar-refractivity contribution in [1.29, 1.82) is 5.26 Å². The molecule has 1 radical (unpaired) electrons. The third-order valence-corrected chi connectivity index (χ3v) is 8.70. The Morgan fingerprint density at radius 2 is 1.57 bits per heavy atom. The number of aryl methyl sites for hydroxylation is 2. The Hall–Kier alpha value is -5.79. The topological polar surface area (TPSA) is 62.7 Å². The Bertz CT molecular complexity index is 2910. The first-order valence-electron chi connectivity index (χ1n) is 21.1. The van der Waals surface area contributed by atoms with Gasteiger partial charge < -0.3 is 9.40 Å². The molecule has 8 rings (SSSR count). The fraction of sp³-hybridized carbons (Fsp3) is 0.143.